The second-order valence-electron chi connectivity index (χ2n) is 7.12. The number of amides is 1. The topological polar surface area (TPSA) is 53.6 Å². The summed E-state index contributed by atoms with van der Waals surface area (Å²) in [6.45, 7) is 3.97. The van der Waals surface area contributed by atoms with Crippen LogP contribution in [-0.4, -0.2) is 37.0 Å². The lowest BCUT2D eigenvalue weighted by Gasteiger charge is -2.26. The Morgan fingerprint density at radius 1 is 1.11 bits per heavy atom. The van der Waals surface area contributed by atoms with E-state index in [1.54, 1.807) is 12.3 Å². The molecule has 0 radical (unpaired) electrons. The lowest BCUT2D eigenvalue weighted by Crippen LogP contribution is -2.33. The molecule has 0 unspecified atom stereocenters. The molecular formula is C22H24FN3O2. The summed E-state index contributed by atoms with van der Waals surface area (Å²) in [6, 6.07) is 11.9. The van der Waals surface area contributed by atoms with Crippen LogP contribution >= 0.6 is 0 Å². The van der Waals surface area contributed by atoms with Gasteiger partial charge in [0.05, 0.1) is 5.57 Å². The van der Waals surface area contributed by atoms with Crippen LogP contribution < -0.4 is 15.4 Å². The van der Waals surface area contributed by atoms with Crippen LogP contribution in [0.1, 0.15) is 24.8 Å². The van der Waals surface area contributed by atoms with Crippen LogP contribution in [0, 0.1) is 5.82 Å². The quantitative estimate of drug-likeness (QED) is 0.740. The van der Waals surface area contributed by atoms with Gasteiger partial charge in [-0.2, -0.15) is 0 Å². The minimum atomic E-state index is -0.368. The van der Waals surface area contributed by atoms with E-state index in [2.05, 4.69) is 15.5 Å². The fourth-order valence-electron chi connectivity index (χ4n) is 3.58. The molecule has 0 aliphatic carbocycles. The van der Waals surface area contributed by atoms with Gasteiger partial charge < -0.3 is 15.4 Å². The van der Waals surface area contributed by atoms with Gasteiger partial charge in [0.2, 0.25) is 0 Å². The molecule has 1 amide bonds. The number of nitrogens with one attached hydrogen (secondary N) is 2. The van der Waals surface area contributed by atoms with Crippen LogP contribution in [0.3, 0.4) is 0 Å². The van der Waals surface area contributed by atoms with Crippen molar-refractivity contribution in [1.29, 1.82) is 0 Å². The van der Waals surface area contributed by atoms with Gasteiger partial charge in [0.15, 0.2) is 0 Å². The summed E-state index contributed by atoms with van der Waals surface area (Å²) in [6.07, 6.45) is 5.51. The predicted octanol–water partition coefficient (Wildman–Crippen LogP) is 4.10. The van der Waals surface area contributed by atoms with Gasteiger partial charge >= 0.3 is 0 Å². The summed E-state index contributed by atoms with van der Waals surface area (Å²) in [5.74, 6) is 0.208. The number of rotatable bonds is 6. The number of fused-ring (bicyclic) bond motifs is 1. The van der Waals surface area contributed by atoms with Crippen molar-refractivity contribution in [3.8, 4) is 5.75 Å². The van der Waals surface area contributed by atoms with E-state index in [1.807, 2.05) is 24.3 Å². The molecule has 1 saturated heterocycles. The Balaban J connectivity index is 1.33. The van der Waals surface area contributed by atoms with Crippen LogP contribution in [0.5, 0.6) is 5.75 Å². The average Bonchev–Trinajstić information content (AvgIpc) is 3.02. The molecule has 0 saturated carbocycles. The number of piperidine rings is 1. The summed E-state index contributed by atoms with van der Waals surface area (Å²) in [4.78, 5) is 14.5. The van der Waals surface area contributed by atoms with Crippen LogP contribution in [-0.2, 0) is 4.79 Å². The highest BCUT2D eigenvalue weighted by molar-refractivity contribution is 6.31. The number of nitrogens with zero attached hydrogens (tertiary/aromatic N) is 1. The second-order valence-corrected chi connectivity index (χ2v) is 7.12. The Bertz CT molecular complexity index is 874. The van der Waals surface area contributed by atoms with Crippen molar-refractivity contribution in [2.45, 2.75) is 19.3 Å². The third-order valence-electron chi connectivity index (χ3n) is 5.13. The summed E-state index contributed by atoms with van der Waals surface area (Å²) in [5, 5.41) is 5.84. The monoisotopic (exact) mass is 381 g/mol. The molecule has 6 heteroatoms. The summed E-state index contributed by atoms with van der Waals surface area (Å²) in [5.41, 5.74) is 2.43. The standard InChI is InChI=1S/C22H24FN3O2/c23-16-4-9-21-19(14-16)20(22(27)25-21)15-24-17-5-7-18(8-6-17)28-13-12-26-10-2-1-3-11-26/h4-9,14-15,24H,1-3,10-13H2,(H,25,27). The first-order chi connectivity index (χ1) is 13.7. The molecule has 0 atom stereocenters. The molecule has 0 spiro atoms. The number of hydrogen-bond donors (Lipinski definition) is 2. The van der Waals surface area contributed by atoms with Gasteiger partial charge in [0, 0.05) is 29.7 Å². The first-order valence-electron chi connectivity index (χ1n) is 9.72. The van der Waals surface area contributed by atoms with Gasteiger partial charge in [-0.15, -0.1) is 0 Å². The normalized spacial score (nSPS) is 18.0. The molecule has 2 heterocycles. The molecule has 1 fully saturated rings. The zero-order valence-electron chi connectivity index (χ0n) is 15.7. The highest BCUT2D eigenvalue weighted by atomic mass is 19.1. The van der Waals surface area contributed by atoms with E-state index >= 15 is 0 Å². The molecule has 2 aromatic rings. The van der Waals surface area contributed by atoms with Crippen LogP contribution in [0.25, 0.3) is 5.57 Å². The first kappa shape index (κ1) is 18.5. The number of hydrogen-bond acceptors (Lipinski definition) is 4. The van der Waals surface area contributed by atoms with E-state index in [0.717, 1.165) is 18.0 Å². The van der Waals surface area contributed by atoms with Crippen molar-refractivity contribution in [1.82, 2.24) is 4.90 Å². The Labute approximate surface area is 164 Å². The van der Waals surface area contributed by atoms with Crippen LogP contribution in [0.4, 0.5) is 15.8 Å². The largest absolute Gasteiger partial charge is 0.492 e. The second kappa shape index (κ2) is 8.44. The van der Waals surface area contributed by atoms with E-state index in [-0.39, 0.29) is 11.7 Å². The molecular weight excluding hydrogens is 357 g/mol. The van der Waals surface area contributed by atoms with Crippen LogP contribution in [0.2, 0.25) is 0 Å². The third-order valence-corrected chi connectivity index (χ3v) is 5.13. The fourth-order valence-corrected chi connectivity index (χ4v) is 3.58. The molecule has 28 heavy (non-hydrogen) atoms. The van der Waals surface area contributed by atoms with Gasteiger partial charge in [-0.25, -0.2) is 4.39 Å². The van der Waals surface area contributed by atoms with Gasteiger partial charge in [-0.1, -0.05) is 6.42 Å². The minimum Gasteiger partial charge on any atom is -0.492 e. The van der Waals surface area contributed by atoms with Crippen molar-refractivity contribution in [2.75, 3.05) is 36.9 Å². The van der Waals surface area contributed by atoms with E-state index in [1.165, 1.54) is 44.5 Å². The van der Waals surface area contributed by atoms with Crippen molar-refractivity contribution >= 4 is 22.9 Å². The lowest BCUT2D eigenvalue weighted by atomic mass is 10.1. The number of likely N-dealkylation sites (tertiary alicyclic amines) is 1. The molecule has 2 N–H and O–H groups in total. The van der Waals surface area contributed by atoms with Crippen LogP contribution in [0.15, 0.2) is 48.7 Å². The molecule has 0 bridgehead atoms. The SMILES string of the molecule is O=C1Nc2ccc(F)cc2C1=CNc1ccc(OCCN2CCCCC2)cc1. The smallest absolute Gasteiger partial charge is 0.257 e. The van der Waals surface area contributed by atoms with Crippen molar-refractivity contribution in [2.24, 2.45) is 0 Å². The molecule has 146 valence electrons. The Morgan fingerprint density at radius 3 is 2.68 bits per heavy atom. The summed E-state index contributed by atoms with van der Waals surface area (Å²) >= 11 is 0. The van der Waals surface area contributed by atoms with E-state index in [4.69, 9.17) is 4.74 Å². The summed E-state index contributed by atoms with van der Waals surface area (Å²) < 4.78 is 19.3. The van der Waals surface area contributed by atoms with Gasteiger partial charge in [0.25, 0.3) is 5.91 Å². The number of anilines is 2. The molecule has 2 aliphatic rings. The van der Waals surface area contributed by atoms with E-state index < -0.39 is 0 Å². The highest BCUT2D eigenvalue weighted by Crippen LogP contribution is 2.32. The maximum atomic E-state index is 13.5. The van der Waals surface area contributed by atoms with Gasteiger partial charge in [-0.3, -0.25) is 9.69 Å². The fraction of sp³-hybridized carbons (Fsp3) is 0.318. The van der Waals surface area contributed by atoms with E-state index in [0.29, 0.717) is 23.4 Å². The average molecular weight is 381 g/mol. The molecule has 4 rings (SSSR count). The van der Waals surface area contributed by atoms with Crippen molar-refractivity contribution < 1.29 is 13.9 Å². The summed E-state index contributed by atoms with van der Waals surface area (Å²) in [7, 11) is 0. The zero-order chi connectivity index (χ0) is 19.3. The van der Waals surface area contributed by atoms with Crippen molar-refractivity contribution in [3.05, 3.63) is 60.0 Å². The molecule has 2 aliphatic heterocycles. The molecule has 2 aromatic carbocycles. The van der Waals surface area contributed by atoms with Crippen molar-refractivity contribution in [3.63, 3.8) is 0 Å². The predicted molar refractivity (Wildman–Crippen MR) is 109 cm³/mol. The van der Waals surface area contributed by atoms with E-state index in [9.17, 15) is 9.18 Å². The maximum absolute atomic E-state index is 13.5. The van der Waals surface area contributed by atoms with Gasteiger partial charge in [0.1, 0.15) is 18.2 Å². The lowest BCUT2D eigenvalue weighted by molar-refractivity contribution is -0.110. The molecule has 5 nitrogen and oxygen atoms in total. The molecule has 0 aromatic heterocycles. The van der Waals surface area contributed by atoms with Gasteiger partial charge in [-0.05, 0) is 68.4 Å². The Morgan fingerprint density at radius 2 is 1.89 bits per heavy atom. The number of ether oxygens (including phenoxy) is 1. The Hall–Kier alpha value is -2.86. The number of carbonyl (C=O) groups is 1. The maximum Gasteiger partial charge on any atom is 0.257 e. The number of carbonyl (C=O) groups excluding carboxylic acids is 1. The minimum absolute atomic E-state index is 0.245. The number of halogens is 1. The first-order valence-corrected chi connectivity index (χ1v) is 9.72. The Kier molecular flexibility index (Phi) is 5.58. The zero-order valence-corrected chi connectivity index (χ0v) is 15.7. The third kappa shape index (κ3) is 4.34. The highest BCUT2D eigenvalue weighted by Gasteiger charge is 2.24. The number of benzene rings is 2.